The third-order valence-corrected chi connectivity index (χ3v) is 6.47. The molecule has 2 aromatic carbocycles. The summed E-state index contributed by atoms with van der Waals surface area (Å²) in [6.07, 6.45) is -3.82. The summed E-state index contributed by atoms with van der Waals surface area (Å²) in [5, 5.41) is 31.8. The van der Waals surface area contributed by atoms with Gasteiger partial charge in [0.1, 0.15) is 42.4 Å². The highest BCUT2D eigenvalue weighted by Crippen LogP contribution is 2.34. The molecule has 2 aromatic rings. The molecular weight excluding hydrogens is 448 g/mol. The highest BCUT2D eigenvalue weighted by molar-refractivity contribution is 6.31. The van der Waals surface area contributed by atoms with Crippen LogP contribution in [0.3, 0.4) is 0 Å². The highest BCUT2D eigenvalue weighted by Gasteiger charge is 2.44. The van der Waals surface area contributed by atoms with E-state index in [1.54, 1.807) is 12.1 Å². The molecule has 0 aliphatic carbocycles. The first-order valence-electron chi connectivity index (χ1n) is 11.3. The van der Waals surface area contributed by atoms with Gasteiger partial charge in [-0.05, 0) is 48.2 Å². The van der Waals surface area contributed by atoms with E-state index in [4.69, 9.17) is 30.5 Å². The van der Waals surface area contributed by atoms with Crippen molar-refractivity contribution >= 4 is 11.6 Å². The zero-order chi connectivity index (χ0) is 23.4. The Hall–Kier alpha value is -1.71. The van der Waals surface area contributed by atoms with Gasteiger partial charge in [0.15, 0.2) is 0 Å². The van der Waals surface area contributed by atoms with Crippen LogP contribution in [-0.4, -0.2) is 72.3 Å². The topological polar surface area (TPSA) is 97.6 Å². The molecule has 2 saturated heterocycles. The Balaban J connectivity index is 1.47. The van der Waals surface area contributed by atoms with Gasteiger partial charge in [0.2, 0.25) is 0 Å². The van der Waals surface area contributed by atoms with E-state index in [1.807, 2.05) is 37.3 Å². The van der Waals surface area contributed by atoms with E-state index in [1.165, 1.54) is 0 Å². The van der Waals surface area contributed by atoms with Crippen molar-refractivity contribution in [3.63, 3.8) is 0 Å². The summed E-state index contributed by atoms with van der Waals surface area (Å²) in [6.45, 7) is 3.78. The van der Waals surface area contributed by atoms with Gasteiger partial charge in [0.05, 0.1) is 19.8 Å². The first-order valence-corrected chi connectivity index (χ1v) is 11.7. The Labute approximate surface area is 198 Å². The molecule has 0 spiro atoms. The third-order valence-electron chi connectivity index (χ3n) is 6.11. The summed E-state index contributed by atoms with van der Waals surface area (Å²) in [7, 11) is 0. The van der Waals surface area contributed by atoms with Gasteiger partial charge in [0.25, 0.3) is 0 Å². The Morgan fingerprint density at radius 1 is 1.03 bits per heavy atom. The van der Waals surface area contributed by atoms with Gasteiger partial charge in [0, 0.05) is 18.1 Å². The van der Waals surface area contributed by atoms with Crippen LogP contribution < -0.4 is 4.74 Å². The fraction of sp³-hybridized carbons (Fsp3) is 0.520. The van der Waals surface area contributed by atoms with E-state index >= 15 is 0 Å². The minimum absolute atomic E-state index is 0.101. The van der Waals surface area contributed by atoms with Crippen LogP contribution in [0.1, 0.15) is 36.1 Å². The second-order valence-corrected chi connectivity index (χ2v) is 8.91. The Morgan fingerprint density at radius 3 is 2.52 bits per heavy atom. The van der Waals surface area contributed by atoms with E-state index < -0.39 is 30.5 Å². The van der Waals surface area contributed by atoms with Gasteiger partial charge in [-0.15, -0.1) is 0 Å². The summed E-state index contributed by atoms with van der Waals surface area (Å²) in [4.78, 5) is 0. The number of aliphatic hydroxyl groups is 3. The van der Waals surface area contributed by atoms with E-state index in [2.05, 4.69) is 0 Å². The number of benzene rings is 2. The number of rotatable bonds is 8. The molecule has 0 aromatic heterocycles. The van der Waals surface area contributed by atoms with E-state index in [0.717, 1.165) is 29.9 Å². The molecule has 3 N–H and O–H groups in total. The fourth-order valence-corrected chi connectivity index (χ4v) is 4.39. The zero-order valence-electron chi connectivity index (χ0n) is 18.6. The fourth-order valence-electron chi connectivity index (χ4n) is 4.21. The SMILES string of the molecule is CCOC[C@H]1O[C@@H](c2ccc(Cl)c(Cc3ccc(O[C@H]4CCOC4)cc3)c2)[C@H](O)[C@@H](O)[C@@H]1O. The Bertz CT molecular complexity index is 900. The lowest BCUT2D eigenvalue weighted by Crippen LogP contribution is -2.55. The normalized spacial score (nSPS) is 29.8. The molecule has 8 heteroatoms. The van der Waals surface area contributed by atoms with Crippen LogP contribution in [0, 0.1) is 0 Å². The summed E-state index contributed by atoms with van der Waals surface area (Å²) in [5.41, 5.74) is 2.60. The first kappa shape index (κ1) is 24.4. The smallest absolute Gasteiger partial charge is 0.124 e. The van der Waals surface area contributed by atoms with Crippen LogP contribution >= 0.6 is 11.6 Å². The van der Waals surface area contributed by atoms with E-state index in [9.17, 15) is 15.3 Å². The van der Waals surface area contributed by atoms with E-state index in [-0.39, 0.29) is 12.7 Å². The second-order valence-electron chi connectivity index (χ2n) is 8.50. The van der Waals surface area contributed by atoms with Gasteiger partial charge in [-0.3, -0.25) is 0 Å². The average molecular weight is 479 g/mol. The minimum atomic E-state index is -1.34. The van der Waals surface area contributed by atoms with Crippen LogP contribution in [-0.2, 0) is 20.6 Å². The molecule has 33 heavy (non-hydrogen) atoms. The molecule has 0 bridgehead atoms. The lowest BCUT2D eigenvalue weighted by atomic mass is 9.90. The largest absolute Gasteiger partial charge is 0.488 e. The lowest BCUT2D eigenvalue weighted by Gasteiger charge is -2.40. The minimum Gasteiger partial charge on any atom is -0.488 e. The molecule has 7 nitrogen and oxygen atoms in total. The zero-order valence-corrected chi connectivity index (χ0v) is 19.4. The molecule has 0 unspecified atom stereocenters. The molecule has 0 saturated carbocycles. The van der Waals surface area contributed by atoms with Gasteiger partial charge >= 0.3 is 0 Å². The maximum absolute atomic E-state index is 10.6. The van der Waals surface area contributed by atoms with Gasteiger partial charge in [-0.2, -0.15) is 0 Å². The van der Waals surface area contributed by atoms with Crippen LogP contribution in [0.2, 0.25) is 5.02 Å². The van der Waals surface area contributed by atoms with Crippen molar-refractivity contribution in [2.75, 3.05) is 26.4 Å². The number of halogens is 1. The molecule has 0 amide bonds. The van der Waals surface area contributed by atoms with Gasteiger partial charge < -0.3 is 34.3 Å². The molecular formula is C25H31ClO7. The molecule has 2 aliphatic heterocycles. The number of ether oxygens (including phenoxy) is 4. The predicted molar refractivity (Wildman–Crippen MR) is 123 cm³/mol. The number of aliphatic hydroxyl groups excluding tert-OH is 3. The quantitative estimate of drug-likeness (QED) is 0.536. The molecule has 0 radical (unpaired) electrons. The van der Waals surface area contributed by atoms with E-state index in [0.29, 0.717) is 30.2 Å². The van der Waals surface area contributed by atoms with Crippen LogP contribution in [0.5, 0.6) is 5.75 Å². The van der Waals surface area contributed by atoms with Gasteiger partial charge in [-0.25, -0.2) is 0 Å². The van der Waals surface area contributed by atoms with Crippen molar-refractivity contribution in [3.8, 4) is 5.75 Å². The standard InChI is InChI=1S/C25H31ClO7/c1-2-30-14-21-22(27)23(28)24(29)25(33-21)16-5-8-20(26)17(12-16)11-15-3-6-18(7-4-15)32-19-9-10-31-13-19/h3-8,12,19,21-25,27-29H,2,9-11,13-14H2,1H3/t19-,21+,22+,23-,24+,25-/m0/s1. The lowest BCUT2D eigenvalue weighted by molar-refractivity contribution is -0.234. The molecule has 2 fully saturated rings. The Kier molecular flexibility index (Phi) is 8.24. The summed E-state index contributed by atoms with van der Waals surface area (Å²) in [5.74, 6) is 0.806. The monoisotopic (exact) mass is 478 g/mol. The summed E-state index contributed by atoms with van der Waals surface area (Å²) >= 11 is 6.46. The van der Waals surface area contributed by atoms with Crippen LogP contribution in [0.15, 0.2) is 42.5 Å². The third kappa shape index (κ3) is 5.87. The highest BCUT2D eigenvalue weighted by atomic mass is 35.5. The molecule has 4 rings (SSSR count). The average Bonchev–Trinajstić information content (AvgIpc) is 3.33. The predicted octanol–water partition coefficient (Wildman–Crippen LogP) is 2.66. The number of hydrogen-bond donors (Lipinski definition) is 3. The first-order chi connectivity index (χ1) is 16.0. The molecule has 6 atom stereocenters. The van der Waals surface area contributed by atoms with Crippen LogP contribution in [0.4, 0.5) is 0 Å². The van der Waals surface area contributed by atoms with Crippen molar-refractivity contribution in [1.29, 1.82) is 0 Å². The maximum atomic E-state index is 10.6. The molecule has 2 heterocycles. The second kappa shape index (κ2) is 11.1. The Morgan fingerprint density at radius 2 is 1.82 bits per heavy atom. The van der Waals surface area contributed by atoms with Crippen molar-refractivity contribution in [2.45, 2.75) is 56.4 Å². The molecule has 2 aliphatic rings. The number of hydrogen-bond acceptors (Lipinski definition) is 7. The maximum Gasteiger partial charge on any atom is 0.124 e. The molecule has 180 valence electrons. The summed E-state index contributed by atoms with van der Waals surface area (Å²) < 4.78 is 22.6. The van der Waals surface area contributed by atoms with Crippen molar-refractivity contribution in [2.24, 2.45) is 0 Å². The van der Waals surface area contributed by atoms with Crippen molar-refractivity contribution < 1.29 is 34.3 Å². The van der Waals surface area contributed by atoms with Gasteiger partial charge in [-0.1, -0.05) is 35.9 Å². The van der Waals surface area contributed by atoms with Crippen LogP contribution in [0.25, 0.3) is 0 Å². The van der Waals surface area contributed by atoms with Crippen molar-refractivity contribution in [3.05, 3.63) is 64.2 Å². The van der Waals surface area contributed by atoms with Crippen molar-refractivity contribution in [1.82, 2.24) is 0 Å². The summed E-state index contributed by atoms with van der Waals surface area (Å²) in [6, 6.07) is 13.3.